The van der Waals surface area contributed by atoms with Crippen molar-refractivity contribution in [1.29, 1.82) is 0 Å². The number of methoxy groups -OCH3 is 2. The molecule has 0 aliphatic heterocycles. The van der Waals surface area contributed by atoms with Gasteiger partial charge in [-0.1, -0.05) is 18.7 Å². The van der Waals surface area contributed by atoms with E-state index in [9.17, 15) is 14.4 Å². The van der Waals surface area contributed by atoms with E-state index in [-0.39, 0.29) is 17.7 Å². The Morgan fingerprint density at radius 3 is 1.83 bits per heavy atom. The Balaban J connectivity index is 0.000000423. The van der Waals surface area contributed by atoms with Crippen LogP contribution in [0.2, 0.25) is 0 Å². The highest BCUT2D eigenvalue weighted by molar-refractivity contribution is 6.01. The van der Waals surface area contributed by atoms with Crippen LogP contribution in [0.15, 0.2) is 36.9 Å². The lowest BCUT2D eigenvalue weighted by Crippen LogP contribution is -2.21. The van der Waals surface area contributed by atoms with Gasteiger partial charge in [-0.2, -0.15) is 0 Å². The molecule has 1 aromatic carbocycles. The van der Waals surface area contributed by atoms with Crippen molar-refractivity contribution in [2.75, 3.05) is 20.8 Å². The first-order valence-electron chi connectivity index (χ1n) is 6.27. The average molecular weight is 326 g/mol. The minimum absolute atomic E-state index is 0.0812. The van der Waals surface area contributed by atoms with Crippen molar-refractivity contribution in [3.8, 4) is 0 Å². The molecule has 0 bridgehead atoms. The molecular formula is C15H18O8. The van der Waals surface area contributed by atoms with Crippen molar-refractivity contribution >= 4 is 17.9 Å². The predicted octanol–water partition coefficient (Wildman–Crippen LogP) is 1.42. The largest absolute Gasteiger partial charge is 0.478 e. The lowest BCUT2D eigenvalue weighted by atomic mass is 10.1. The third kappa shape index (κ3) is 7.74. The first kappa shape index (κ1) is 20.3. The van der Waals surface area contributed by atoms with Crippen molar-refractivity contribution in [3.63, 3.8) is 0 Å². The number of aromatic carboxylic acids is 2. The van der Waals surface area contributed by atoms with Gasteiger partial charge in [0.05, 0.1) is 11.1 Å². The van der Waals surface area contributed by atoms with Gasteiger partial charge in [0, 0.05) is 20.3 Å². The summed E-state index contributed by atoms with van der Waals surface area (Å²) in [7, 11) is 2.94. The van der Waals surface area contributed by atoms with Crippen LogP contribution in [-0.4, -0.2) is 55.2 Å². The van der Waals surface area contributed by atoms with Crippen molar-refractivity contribution in [2.45, 2.75) is 6.29 Å². The summed E-state index contributed by atoms with van der Waals surface area (Å²) in [6.07, 6.45) is 0.585. The highest BCUT2D eigenvalue weighted by Gasteiger charge is 2.13. The van der Waals surface area contributed by atoms with E-state index in [1.54, 1.807) is 0 Å². The zero-order valence-corrected chi connectivity index (χ0v) is 12.7. The van der Waals surface area contributed by atoms with Crippen LogP contribution in [0.4, 0.5) is 0 Å². The molecule has 0 saturated carbocycles. The van der Waals surface area contributed by atoms with Crippen LogP contribution >= 0.6 is 0 Å². The van der Waals surface area contributed by atoms with E-state index in [1.807, 2.05) is 0 Å². The summed E-state index contributed by atoms with van der Waals surface area (Å²) >= 11 is 0. The van der Waals surface area contributed by atoms with Gasteiger partial charge in [-0.3, -0.25) is 0 Å². The molecule has 1 aromatic rings. The minimum Gasteiger partial charge on any atom is -0.478 e. The third-order valence-electron chi connectivity index (χ3n) is 2.44. The monoisotopic (exact) mass is 326 g/mol. The molecule has 0 unspecified atom stereocenters. The van der Waals surface area contributed by atoms with E-state index >= 15 is 0 Å². The highest BCUT2D eigenvalue weighted by atomic mass is 16.7. The third-order valence-corrected chi connectivity index (χ3v) is 2.44. The number of ether oxygens (including phenoxy) is 3. The maximum absolute atomic E-state index is 10.5. The Kier molecular flexibility index (Phi) is 9.65. The van der Waals surface area contributed by atoms with Gasteiger partial charge in [0.25, 0.3) is 0 Å². The standard InChI is InChI=1S/C8H6O4.C7H12O4/c9-7(10)5-3-1-2-4-6(5)8(11)12;1-4-6(8)11-5-7(9-2)10-3/h1-4H,(H,9,10)(H,11,12);4,7H,1,5H2,2-3H3. The molecule has 0 saturated heterocycles. The van der Waals surface area contributed by atoms with Crippen LogP contribution in [0.25, 0.3) is 0 Å². The first-order valence-corrected chi connectivity index (χ1v) is 6.27. The molecule has 1 rings (SSSR count). The number of carbonyl (C=O) groups excluding carboxylic acids is 1. The zero-order valence-electron chi connectivity index (χ0n) is 12.7. The van der Waals surface area contributed by atoms with E-state index < -0.39 is 24.2 Å². The molecule has 0 heterocycles. The molecule has 8 heteroatoms. The summed E-state index contributed by atoms with van der Waals surface area (Å²) in [4.78, 5) is 31.4. The van der Waals surface area contributed by atoms with Gasteiger partial charge < -0.3 is 24.4 Å². The molecule has 8 nitrogen and oxygen atoms in total. The maximum Gasteiger partial charge on any atom is 0.336 e. The number of carbonyl (C=O) groups is 3. The Morgan fingerprint density at radius 1 is 1.09 bits per heavy atom. The van der Waals surface area contributed by atoms with Crippen LogP contribution in [0.1, 0.15) is 20.7 Å². The molecular weight excluding hydrogens is 308 g/mol. The van der Waals surface area contributed by atoms with Crippen LogP contribution in [0.5, 0.6) is 0 Å². The summed E-state index contributed by atoms with van der Waals surface area (Å²) in [5.41, 5.74) is -0.380. The number of hydrogen-bond acceptors (Lipinski definition) is 6. The second kappa shape index (κ2) is 10.9. The van der Waals surface area contributed by atoms with Gasteiger partial charge in [0.1, 0.15) is 6.61 Å². The number of hydrogen-bond donors (Lipinski definition) is 2. The smallest absolute Gasteiger partial charge is 0.336 e. The van der Waals surface area contributed by atoms with Gasteiger partial charge in [-0.25, -0.2) is 14.4 Å². The lowest BCUT2D eigenvalue weighted by molar-refractivity contribution is -0.162. The Morgan fingerprint density at radius 2 is 1.52 bits per heavy atom. The molecule has 2 N–H and O–H groups in total. The summed E-state index contributed by atoms with van der Waals surface area (Å²) in [5, 5.41) is 17.1. The van der Waals surface area contributed by atoms with Crippen molar-refractivity contribution < 1.29 is 38.8 Å². The van der Waals surface area contributed by atoms with Crippen molar-refractivity contribution in [3.05, 3.63) is 48.0 Å². The van der Waals surface area contributed by atoms with Gasteiger partial charge in [0.15, 0.2) is 6.29 Å². The SMILES string of the molecule is C=CC(=O)OCC(OC)OC.O=C(O)c1ccccc1C(=O)O. The fourth-order valence-electron chi connectivity index (χ4n) is 1.30. The molecule has 0 spiro atoms. The summed E-state index contributed by atoms with van der Waals surface area (Å²) in [5.74, 6) is -2.94. The molecule has 0 aromatic heterocycles. The summed E-state index contributed by atoms with van der Waals surface area (Å²) in [6.45, 7) is 3.32. The fourth-order valence-corrected chi connectivity index (χ4v) is 1.30. The molecule has 0 fully saturated rings. The van der Waals surface area contributed by atoms with Crippen LogP contribution < -0.4 is 0 Å². The molecule has 0 aliphatic carbocycles. The number of benzene rings is 1. The van der Waals surface area contributed by atoms with Gasteiger partial charge in [0.2, 0.25) is 0 Å². The van der Waals surface area contributed by atoms with Gasteiger partial charge >= 0.3 is 17.9 Å². The number of esters is 1. The quantitative estimate of drug-likeness (QED) is 0.438. The normalized spacial score (nSPS) is 9.52. The topological polar surface area (TPSA) is 119 Å². The zero-order chi connectivity index (χ0) is 17.8. The van der Waals surface area contributed by atoms with Crippen LogP contribution in [0, 0.1) is 0 Å². The average Bonchev–Trinajstić information content (AvgIpc) is 2.55. The molecule has 23 heavy (non-hydrogen) atoms. The molecule has 126 valence electrons. The highest BCUT2D eigenvalue weighted by Crippen LogP contribution is 2.07. The summed E-state index contributed by atoms with van der Waals surface area (Å²) in [6, 6.07) is 5.48. The van der Waals surface area contributed by atoms with E-state index in [1.165, 1.54) is 38.5 Å². The Hall–Kier alpha value is -2.71. The minimum atomic E-state index is -1.23. The fraction of sp³-hybridized carbons (Fsp3) is 0.267. The van der Waals surface area contributed by atoms with E-state index in [2.05, 4.69) is 11.3 Å². The first-order chi connectivity index (χ1) is 10.9. The van der Waals surface area contributed by atoms with Gasteiger partial charge in [-0.15, -0.1) is 0 Å². The maximum atomic E-state index is 10.5. The van der Waals surface area contributed by atoms with Crippen LogP contribution in [-0.2, 0) is 19.0 Å². The van der Waals surface area contributed by atoms with Crippen molar-refractivity contribution in [2.24, 2.45) is 0 Å². The summed E-state index contributed by atoms with van der Waals surface area (Å²) < 4.78 is 14.1. The number of carboxylic acids is 2. The van der Waals surface area contributed by atoms with Gasteiger partial charge in [-0.05, 0) is 12.1 Å². The Bertz CT molecular complexity index is 515. The van der Waals surface area contributed by atoms with E-state index in [0.717, 1.165) is 6.08 Å². The van der Waals surface area contributed by atoms with Crippen molar-refractivity contribution in [1.82, 2.24) is 0 Å². The number of carboxylic acid groups (broad SMARTS) is 2. The second-order valence-corrected chi connectivity index (χ2v) is 3.89. The molecule has 0 atom stereocenters. The molecule has 0 radical (unpaired) electrons. The predicted molar refractivity (Wildman–Crippen MR) is 79.3 cm³/mol. The second-order valence-electron chi connectivity index (χ2n) is 3.89. The molecule has 0 aliphatic rings. The van der Waals surface area contributed by atoms with Crippen LogP contribution in [0.3, 0.4) is 0 Å². The van der Waals surface area contributed by atoms with E-state index in [0.29, 0.717) is 0 Å². The Labute approximate surface area is 132 Å². The number of rotatable bonds is 7. The van der Waals surface area contributed by atoms with E-state index in [4.69, 9.17) is 19.7 Å². The molecule has 0 amide bonds. The lowest BCUT2D eigenvalue weighted by Gasteiger charge is -2.11.